The van der Waals surface area contributed by atoms with Crippen LogP contribution in [-0.4, -0.2) is 28.3 Å². The summed E-state index contributed by atoms with van der Waals surface area (Å²) in [6, 6.07) is 15.2. The maximum absolute atomic E-state index is 12.2. The average Bonchev–Trinajstić information content (AvgIpc) is 2.73. The van der Waals surface area contributed by atoms with E-state index in [1.165, 1.54) is 24.3 Å². The zero-order valence-corrected chi connectivity index (χ0v) is 16.4. The van der Waals surface area contributed by atoms with E-state index in [1.807, 2.05) is 0 Å². The molecule has 2 aromatic rings. The Morgan fingerprint density at radius 2 is 0.964 bits per heavy atom. The van der Waals surface area contributed by atoms with Crippen LogP contribution in [0.15, 0.2) is 80.8 Å². The summed E-state index contributed by atoms with van der Waals surface area (Å²) in [4.78, 5) is -0.0619. The molecule has 0 heterocycles. The fraction of sp³-hybridized carbons (Fsp3) is 0.222. The van der Waals surface area contributed by atoms with E-state index in [0.29, 0.717) is 12.8 Å². The minimum atomic E-state index is -4.07. The normalized spacial score (nSPS) is 18.1. The monoisotopic (exact) mass is 422 g/mol. The lowest BCUT2D eigenvalue weighted by atomic mass is 9.97. The molecule has 1 saturated carbocycles. The van der Waals surface area contributed by atoms with Gasteiger partial charge in [0.1, 0.15) is 21.2 Å². The Kier molecular flexibility index (Phi) is 6.10. The molecule has 0 N–H and O–H groups in total. The lowest BCUT2D eigenvalue weighted by molar-refractivity contribution is 0.331. The Hall–Kier alpha value is -2.72. The number of rotatable bonds is 6. The third kappa shape index (κ3) is 4.96. The summed E-state index contributed by atoms with van der Waals surface area (Å²) in [5, 5.41) is 7.42. The van der Waals surface area contributed by atoms with Crippen molar-refractivity contribution in [2.45, 2.75) is 35.5 Å². The Labute approximate surface area is 163 Å². The van der Waals surface area contributed by atoms with Crippen LogP contribution in [0, 0.1) is 0 Å². The van der Waals surface area contributed by atoms with Gasteiger partial charge in [0, 0.05) is 0 Å². The molecule has 1 fully saturated rings. The highest BCUT2D eigenvalue weighted by Crippen LogP contribution is 2.18. The first-order valence-corrected chi connectivity index (χ1v) is 11.3. The molecule has 1 aliphatic carbocycles. The molecule has 3 rings (SSSR count). The molecule has 0 amide bonds. The van der Waals surface area contributed by atoms with E-state index in [-0.39, 0.29) is 21.2 Å². The second-order valence-corrected chi connectivity index (χ2v) is 9.02. The topological polar surface area (TPSA) is 111 Å². The second kappa shape index (κ2) is 8.53. The minimum absolute atomic E-state index is 0.0310. The quantitative estimate of drug-likeness (QED) is 0.662. The maximum Gasteiger partial charge on any atom is 0.358 e. The van der Waals surface area contributed by atoms with E-state index < -0.39 is 20.2 Å². The molecule has 0 saturated heterocycles. The molecule has 0 radical (unpaired) electrons. The molecule has 2 aromatic carbocycles. The van der Waals surface area contributed by atoms with Crippen LogP contribution in [0.2, 0.25) is 0 Å². The van der Waals surface area contributed by atoms with E-state index in [4.69, 9.17) is 8.57 Å². The smallest absolute Gasteiger partial charge is 0.264 e. The van der Waals surface area contributed by atoms with Crippen LogP contribution in [0.25, 0.3) is 0 Å². The fourth-order valence-electron chi connectivity index (χ4n) is 2.52. The first kappa shape index (κ1) is 20.0. The van der Waals surface area contributed by atoms with Gasteiger partial charge in [0.05, 0.1) is 0 Å². The second-order valence-electron chi connectivity index (χ2n) is 5.97. The van der Waals surface area contributed by atoms with Crippen LogP contribution in [0.5, 0.6) is 0 Å². The van der Waals surface area contributed by atoms with Gasteiger partial charge in [0.15, 0.2) is 0 Å². The lowest BCUT2D eigenvalue weighted by Gasteiger charge is -2.14. The molecular weight excluding hydrogens is 404 g/mol. The van der Waals surface area contributed by atoms with Gasteiger partial charge < -0.3 is 0 Å². The molecule has 28 heavy (non-hydrogen) atoms. The van der Waals surface area contributed by atoms with Crippen LogP contribution in [0.3, 0.4) is 0 Å². The van der Waals surface area contributed by atoms with Crippen molar-refractivity contribution in [3.63, 3.8) is 0 Å². The maximum atomic E-state index is 12.2. The van der Waals surface area contributed by atoms with Crippen molar-refractivity contribution >= 4 is 31.7 Å². The number of oxime groups is 2. The summed E-state index contributed by atoms with van der Waals surface area (Å²) in [6.45, 7) is 0. The molecule has 0 aliphatic heterocycles. The molecule has 0 aromatic heterocycles. The first-order chi connectivity index (χ1) is 13.4. The van der Waals surface area contributed by atoms with E-state index in [0.717, 1.165) is 12.8 Å². The summed E-state index contributed by atoms with van der Waals surface area (Å²) in [5.74, 6) is 0. The Morgan fingerprint density at radius 3 is 1.32 bits per heavy atom. The Balaban J connectivity index is 1.79. The molecule has 0 spiro atoms. The van der Waals surface area contributed by atoms with Gasteiger partial charge in [-0.25, -0.2) is 0 Å². The van der Waals surface area contributed by atoms with Gasteiger partial charge in [-0.05, 0) is 49.9 Å². The molecule has 0 atom stereocenters. The predicted molar refractivity (Wildman–Crippen MR) is 103 cm³/mol. The summed E-state index contributed by atoms with van der Waals surface area (Å²) >= 11 is 0. The van der Waals surface area contributed by atoms with Gasteiger partial charge in [0.2, 0.25) is 0 Å². The largest absolute Gasteiger partial charge is 0.358 e. The molecule has 0 unspecified atom stereocenters. The number of benzene rings is 2. The highest BCUT2D eigenvalue weighted by molar-refractivity contribution is 7.87. The number of hydrogen-bond acceptors (Lipinski definition) is 8. The zero-order valence-electron chi connectivity index (χ0n) is 14.8. The van der Waals surface area contributed by atoms with Crippen LogP contribution in [0.4, 0.5) is 0 Å². The summed E-state index contributed by atoms with van der Waals surface area (Å²) in [6.07, 6.45) is 2.30. The van der Waals surface area contributed by atoms with Gasteiger partial charge in [-0.2, -0.15) is 16.8 Å². The summed E-state index contributed by atoms with van der Waals surface area (Å²) in [7, 11) is -8.14. The van der Waals surface area contributed by atoms with E-state index >= 15 is 0 Å². The Bertz CT molecular complexity index is 990. The Morgan fingerprint density at radius 1 is 0.607 bits per heavy atom. The van der Waals surface area contributed by atoms with Gasteiger partial charge in [-0.3, -0.25) is 8.57 Å². The average molecular weight is 422 g/mol. The highest BCUT2D eigenvalue weighted by Gasteiger charge is 2.22. The zero-order chi connectivity index (χ0) is 20.0. The minimum Gasteiger partial charge on any atom is -0.264 e. The highest BCUT2D eigenvalue weighted by atomic mass is 32.2. The van der Waals surface area contributed by atoms with Crippen LogP contribution < -0.4 is 0 Å². The molecule has 1 aliphatic rings. The predicted octanol–water partition coefficient (Wildman–Crippen LogP) is 3.08. The van der Waals surface area contributed by atoms with Crippen molar-refractivity contribution in [3.05, 3.63) is 60.7 Å². The number of hydrogen-bond donors (Lipinski definition) is 0. The van der Waals surface area contributed by atoms with Crippen molar-refractivity contribution in [1.29, 1.82) is 0 Å². The lowest BCUT2D eigenvalue weighted by Crippen LogP contribution is -2.21. The standard InChI is InChI=1S/C18H18N2O6S2/c21-27(22,15-9-3-1-4-10-15)25-19-17-13-7-8-14-18(17)20-26-28(23,24)16-11-5-2-6-12-16/h1-6,9-12H,7-8,13-14H2. The SMILES string of the molecule is O=S(=O)(ON=C1CCCCC1=NOS(=O)(=O)c1ccccc1)c1ccccc1. The fourth-order valence-corrected chi connectivity index (χ4v) is 4.05. The van der Waals surface area contributed by atoms with E-state index in [1.54, 1.807) is 36.4 Å². The third-order valence-electron chi connectivity index (χ3n) is 3.97. The molecule has 148 valence electrons. The molecule has 8 nitrogen and oxygen atoms in total. The van der Waals surface area contributed by atoms with Gasteiger partial charge in [-0.15, -0.1) is 0 Å². The van der Waals surface area contributed by atoms with Crippen molar-refractivity contribution in [1.82, 2.24) is 0 Å². The van der Waals surface area contributed by atoms with Crippen molar-refractivity contribution in [2.75, 3.05) is 0 Å². The van der Waals surface area contributed by atoms with Crippen LogP contribution >= 0.6 is 0 Å². The summed E-state index contributed by atoms with van der Waals surface area (Å²) in [5.41, 5.74) is 0.489. The van der Waals surface area contributed by atoms with Crippen molar-refractivity contribution in [3.8, 4) is 0 Å². The molecule has 0 bridgehead atoms. The van der Waals surface area contributed by atoms with Gasteiger partial charge >= 0.3 is 20.2 Å². The van der Waals surface area contributed by atoms with Crippen molar-refractivity contribution < 1.29 is 25.4 Å². The van der Waals surface area contributed by atoms with E-state index in [2.05, 4.69) is 10.3 Å². The number of nitrogens with zero attached hydrogens (tertiary/aromatic N) is 2. The van der Waals surface area contributed by atoms with Gasteiger partial charge in [0.25, 0.3) is 0 Å². The van der Waals surface area contributed by atoms with Crippen LogP contribution in [-0.2, 0) is 28.8 Å². The van der Waals surface area contributed by atoms with Gasteiger partial charge in [-0.1, -0.05) is 46.7 Å². The third-order valence-corrected chi connectivity index (χ3v) is 6.21. The van der Waals surface area contributed by atoms with Crippen molar-refractivity contribution in [2.24, 2.45) is 10.3 Å². The van der Waals surface area contributed by atoms with Crippen LogP contribution in [0.1, 0.15) is 25.7 Å². The summed E-state index contributed by atoms with van der Waals surface area (Å²) < 4.78 is 58.3. The van der Waals surface area contributed by atoms with E-state index in [9.17, 15) is 16.8 Å². The molecule has 10 heteroatoms. The first-order valence-electron chi connectivity index (χ1n) is 8.50. The molecular formula is C18H18N2O6S2.